The standard InChI is InChI=1S/C22H24N2O2S/c1-24(18-7-3-2-4-8-18)21(25)17-13-11-16(12-14-17)15-27-22-23-19-9-5-6-10-20(19)26-22/h5-6,9-14,18H,2-4,7-8,15H2,1H3. The molecule has 0 radical (unpaired) electrons. The number of thioether (sulfide) groups is 1. The Hall–Kier alpha value is -2.27. The molecule has 1 aliphatic rings. The summed E-state index contributed by atoms with van der Waals surface area (Å²) in [5.74, 6) is 0.889. The summed E-state index contributed by atoms with van der Waals surface area (Å²) >= 11 is 1.57. The monoisotopic (exact) mass is 380 g/mol. The second-order valence-corrected chi connectivity index (χ2v) is 8.07. The van der Waals surface area contributed by atoms with Gasteiger partial charge in [-0.1, -0.05) is 55.3 Å². The lowest BCUT2D eigenvalue weighted by Crippen LogP contribution is -2.38. The van der Waals surface area contributed by atoms with Crippen LogP contribution < -0.4 is 0 Å². The summed E-state index contributed by atoms with van der Waals surface area (Å²) in [4.78, 5) is 19.1. The number of carbonyl (C=O) groups excluding carboxylic acids is 1. The number of amides is 1. The summed E-state index contributed by atoms with van der Waals surface area (Å²) in [6.45, 7) is 0. The van der Waals surface area contributed by atoms with E-state index < -0.39 is 0 Å². The molecule has 5 heteroatoms. The molecule has 1 aliphatic carbocycles. The van der Waals surface area contributed by atoms with Gasteiger partial charge in [0.2, 0.25) is 0 Å². The third-order valence-electron chi connectivity index (χ3n) is 5.28. The highest BCUT2D eigenvalue weighted by Crippen LogP contribution is 2.27. The van der Waals surface area contributed by atoms with Crippen LogP contribution in [0.4, 0.5) is 0 Å². The number of aromatic nitrogens is 1. The first kappa shape index (κ1) is 18.1. The molecular weight excluding hydrogens is 356 g/mol. The molecule has 1 aromatic heterocycles. The van der Waals surface area contributed by atoms with Crippen molar-refractivity contribution in [2.24, 2.45) is 0 Å². The van der Waals surface area contributed by atoms with Gasteiger partial charge in [0.05, 0.1) is 0 Å². The summed E-state index contributed by atoms with van der Waals surface area (Å²) < 4.78 is 5.74. The highest BCUT2D eigenvalue weighted by Gasteiger charge is 2.22. The summed E-state index contributed by atoms with van der Waals surface area (Å²) in [5, 5.41) is 0.674. The maximum atomic E-state index is 12.7. The number of rotatable bonds is 5. The van der Waals surface area contributed by atoms with Crippen LogP contribution in [0.1, 0.15) is 48.0 Å². The van der Waals surface area contributed by atoms with Crippen molar-refractivity contribution < 1.29 is 9.21 Å². The van der Waals surface area contributed by atoms with E-state index in [9.17, 15) is 4.79 Å². The Labute approximate surface area is 164 Å². The van der Waals surface area contributed by atoms with Gasteiger partial charge in [0, 0.05) is 24.4 Å². The van der Waals surface area contributed by atoms with Crippen molar-refractivity contribution in [3.05, 3.63) is 59.7 Å². The average molecular weight is 381 g/mol. The molecule has 4 rings (SSSR count). The molecule has 2 aromatic carbocycles. The van der Waals surface area contributed by atoms with Crippen molar-refractivity contribution in [1.29, 1.82) is 0 Å². The summed E-state index contributed by atoms with van der Waals surface area (Å²) in [6, 6.07) is 16.1. The molecular formula is C22H24N2O2S. The Bertz CT molecular complexity index is 880. The zero-order valence-electron chi connectivity index (χ0n) is 15.6. The second kappa shape index (κ2) is 8.17. The van der Waals surface area contributed by atoms with Crippen LogP contribution >= 0.6 is 11.8 Å². The number of para-hydroxylation sites is 2. The fourth-order valence-corrected chi connectivity index (χ4v) is 4.43. The molecule has 140 valence electrons. The predicted molar refractivity (Wildman–Crippen MR) is 109 cm³/mol. The van der Waals surface area contributed by atoms with Gasteiger partial charge < -0.3 is 9.32 Å². The minimum Gasteiger partial charge on any atom is -0.431 e. The van der Waals surface area contributed by atoms with E-state index in [4.69, 9.17) is 4.42 Å². The molecule has 4 nitrogen and oxygen atoms in total. The van der Waals surface area contributed by atoms with Gasteiger partial charge in [0.1, 0.15) is 5.52 Å². The Kier molecular flexibility index (Phi) is 5.48. The zero-order valence-corrected chi connectivity index (χ0v) is 16.4. The highest BCUT2D eigenvalue weighted by atomic mass is 32.2. The number of nitrogens with zero attached hydrogens (tertiary/aromatic N) is 2. The van der Waals surface area contributed by atoms with Crippen molar-refractivity contribution in [3.8, 4) is 0 Å². The molecule has 0 unspecified atom stereocenters. The molecule has 1 fully saturated rings. The number of fused-ring (bicyclic) bond motifs is 1. The largest absolute Gasteiger partial charge is 0.431 e. The van der Waals surface area contributed by atoms with Gasteiger partial charge in [-0.15, -0.1) is 0 Å². The van der Waals surface area contributed by atoms with Gasteiger partial charge in [0.25, 0.3) is 11.1 Å². The van der Waals surface area contributed by atoms with E-state index in [1.807, 2.05) is 60.5 Å². The van der Waals surface area contributed by atoms with Crippen molar-refractivity contribution >= 4 is 28.8 Å². The lowest BCUT2D eigenvalue weighted by Gasteiger charge is -2.31. The summed E-state index contributed by atoms with van der Waals surface area (Å²) in [5.41, 5.74) is 3.61. The number of benzene rings is 2. The van der Waals surface area contributed by atoms with Crippen LogP contribution in [-0.4, -0.2) is 28.9 Å². The molecule has 0 spiro atoms. The van der Waals surface area contributed by atoms with E-state index in [0.29, 0.717) is 11.3 Å². The first-order chi connectivity index (χ1) is 13.2. The molecule has 27 heavy (non-hydrogen) atoms. The van der Waals surface area contributed by atoms with E-state index in [2.05, 4.69) is 4.98 Å². The lowest BCUT2D eigenvalue weighted by atomic mass is 9.94. The van der Waals surface area contributed by atoms with Gasteiger partial charge in [-0.3, -0.25) is 4.79 Å². The van der Waals surface area contributed by atoms with Gasteiger partial charge >= 0.3 is 0 Å². The Morgan fingerprint density at radius 1 is 1.11 bits per heavy atom. The SMILES string of the molecule is CN(C(=O)c1ccc(CSc2nc3ccccc3o2)cc1)C1CCCCC1. The molecule has 0 N–H and O–H groups in total. The quantitative estimate of drug-likeness (QED) is 0.546. The first-order valence-electron chi connectivity index (χ1n) is 9.55. The van der Waals surface area contributed by atoms with Crippen LogP contribution in [0.3, 0.4) is 0 Å². The van der Waals surface area contributed by atoms with Crippen LogP contribution in [0.5, 0.6) is 0 Å². The Balaban J connectivity index is 1.37. The topological polar surface area (TPSA) is 46.3 Å². The summed E-state index contributed by atoms with van der Waals surface area (Å²) in [6.07, 6.45) is 6.01. The first-order valence-corrected chi connectivity index (χ1v) is 10.5. The Morgan fingerprint density at radius 3 is 2.59 bits per heavy atom. The number of carbonyl (C=O) groups is 1. The normalized spacial score (nSPS) is 15.1. The highest BCUT2D eigenvalue weighted by molar-refractivity contribution is 7.98. The number of hydrogen-bond donors (Lipinski definition) is 0. The molecule has 1 saturated carbocycles. The molecule has 0 aliphatic heterocycles. The maximum absolute atomic E-state index is 12.7. The van der Waals surface area contributed by atoms with E-state index in [1.54, 1.807) is 11.8 Å². The fraction of sp³-hybridized carbons (Fsp3) is 0.364. The third-order valence-corrected chi connectivity index (χ3v) is 6.18. The Morgan fingerprint density at radius 2 is 1.85 bits per heavy atom. The van der Waals surface area contributed by atoms with Crippen LogP contribution in [0.2, 0.25) is 0 Å². The van der Waals surface area contributed by atoms with Crippen molar-refractivity contribution in [2.75, 3.05) is 7.05 Å². The van der Waals surface area contributed by atoms with Crippen LogP contribution in [0.15, 0.2) is 58.2 Å². The van der Waals surface area contributed by atoms with Gasteiger partial charge in [-0.25, -0.2) is 4.98 Å². The summed E-state index contributed by atoms with van der Waals surface area (Å²) in [7, 11) is 1.94. The van der Waals surface area contributed by atoms with Gasteiger partial charge in [0.15, 0.2) is 5.58 Å². The molecule has 0 bridgehead atoms. The van der Waals surface area contributed by atoms with Crippen LogP contribution in [-0.2, 0) is 5.75 Å². The average Bonchev–Trinajstić information content (AvgIpc) is 3.15. The second-order valence-electron chi connectivity index (χ2n) is 7.14. The third kappa shape index (κ3) is 4.19. The predicted octanol–water partition coefficient (Wildman–Crippen LogP) is 5.52. The van der Waals surface area contributed by atoms with Crippen molar-refractivity contribution in [1.82, 2.24) is 9.88 Å². The molecule has 0 saturated heterocycles. The van der Waals surface area contributed by atoms with Crippen molar-refractivity contribution in [2.45, 2.75) is 49.1 Å². The van der Waals surface area contributed by atoms with Crippen LogP contribution in [0, 0.1) is 0 Å². The van der Waals surface area contributed by atoms with E-state index in [1.165, 1.54) is 19.3 Å². The number of oxazole rings is 1. The minimum absolute atomic E-state index is 0.125. The molecule has 0 atom stereocenters. The van der Waals surface area contributed by atoms with E-state index >= 15 is 0 Å². The van der Waals surface area contributed by atoms with Gasteiger partial charge in [-0.2, -0.15) is 0 Å². The molecule has 1 amide bonds. The molecule has 1 heterocycles. The smallest absolute Gasteiger partial charge is 0.257 e. The maximum Gasteiger partial charge on any atom is 0.257 e. The zero-order chi connectivity index (χ0) is 18.6. The van der Waals surface area contributed by atoms with Crippen molar-refractivity contribution in [3.63, 3.8) is 0 Å². The van der Waals surface area contributed by atoms with E-state index in [-0.39, 0.29) is 5.91 Å². The van der Waals surface area contributed by atoms with Gasteiger partial charge in [-0.05, 0) is 42.7 Å². The van der Waals surface area contributed by atoms with E-state index in [0.717, 1.165) is 40.8 Å². The minimum atomic E-state index is 0.125. The van der Waals surface area contributed by atoms with Crippen LogP contribution in [0.25, 0.3) is 11.1 Å². The number of hydrogen-bond acceptors (Lipinski definition) is 4. The molecule has 3 aromatic rings. The fourth-order valence-electron chi connectivity index (χ4n) is 3.64. The lowest BCUT2D eigenvalue weighted by molar-refractivity contribution is 0.0696.